The third kappa shape index (κ3) is 5.84. The Hall–Kier alpha value is -0.320. The second-order valence-corrected chi connectivity index (χ2v) is 23.3. The van der Waals surface area contributed by atoms with E-state index >= 15 is 0 Å². The molecule has 8 nitrogen and oxygen atoms in total. The van der Waals surface area contributed by atoms with E-state index in [1.54, 1.807) is 0 Å². The molecule has 13 fully saturated rings. The molecule has 8 bridgehead atoms. The molecule has 13 aliphatic rings. The summed E-state index contributed by atoms with van der Waals surface area (Å²) in [5.41, 5.74) is 0. The van der Waals surface area contributed by atoms with E-state index in [2.05, 4.69) is 42.5 Å². The summed E-state index contributed by atoms with van der Waals surface area (Å²) < 4.78 is 0. The Kier molecular flexibility index (Phi) is 9.51. The highest BCUT2D eigenvalue weighted by Crippen LogP contribution is 2.56. The van der Waals surface area contributed by atoms with Crippen LogP contribution in [0.25, 0.3) is 0 Å². The van der Waals surface area contributed by atoms with Crippen molar-refractivity contribution in [2.24, 2.45) is 94.7 Å². The predicted molar refractivity (Wildman–Crippen MR) is 222 cm³/mol. The molecule has 8 saturated carbocycles. The molecule has 5 saturated heterocycles. The van der Waals surface area contributed by atoms with Crippen molar-refractivity contribution in [2.45, 2.75) is 203 Å². The first kappa shape index (κ1) is 36.3. The van der Waals surface area contributed by atoms with E-state index in [-0.39, 0.29) is 0 Å². The number of hydrogen-bond donors (Lipinski definition) is 8. The Morgan fingerprint density at radius 3 is 0.625 bits per heavy atom. The molecule has 5 heterocycles. The Morgan fingerprint density at radius 2 is 0.393 bits per heavy atom. The van der Waals surface area contributed by atoms with Crippen LogP contribution >= 0.6 is 0 Å². The Bertz CT molecular complexity index is 1220. The van der Waals surface area contributed by atoms with Gasteiger partial charge in [-0.1, -0.05) is 77.0 Å². The van der Waals surface area contributed by atoms with Gasteiger partial charge in [0.15, 0.2) is 0 Å². The summed E-state index contributed by atoms with van der Waals surface area (Å²) in [5.74, 6) is 13.4. The molecule has 16 atom stereocenters. The second-order valence-electron chi connectivity index (χ2n) is 23.3. The fourth-order valence-electron chi connectivity index (χ4n) is 19.4. The fraction of sp³-hybridized carbons (Fsp3) is 1.00. The topological polar surface area (TPSA) is 96.2 Å². The normalized spacial score (nSPS) is 60.0. The molecule has 0 radical (unpaired) electrons. The summed E-state index contributed by atoms with van der Waals surface area (Å²) in [4.78, 5) is 0. The van der Waals surface area contributed by atoms with Crippen LogP contribution < -0.4 is 42.5 Å². The highest BCUT2D eigenvalue weighted by Gasteiger charge is 2.60. The average Bonchev–Trinajstić information content (AvgIpc) is 3.99. The lowest BCUT2D eigenvalue weighted by Gasteiger charge is -2.48. The first-order chi connectivity index (χ1) is 27.7. The summed E-state index contributed by atoms with van der Waals surface area (Å²) in [5, 5.41) is 36.2. The molecule has 0 spiro atoms. The van der Waals surface area contributed by atoms with E-state index in [0.717, 1.165) is 94.7 Å². The van der Waals surface area contributed by atoms with Gasteiger partial charge in [-0.2, -0.15) is 0 Å². The monoisotopic (exact) mass is 769 g/mol. The molecule has 16 unspecified atom stereocenters. The first-order valence-corrected chi connectivity index (χ1v) is 25.8. The first-order valence-electron chi connectivity index (χ1n) is 25.8. The summed E-state index contributed by atoms with van der Waals surface area (Å²) in [6, 6.07) is 0. The molecular weight excluding hydrogens is 689 g/mol. The average molecular weight is 769 g/mol. The van der Waals surface area contributed by atoms with Crippen LogP contribution in [0, 0.1) is 94.7 Å². The molecule has 8 aliphatic carbocycles. The predicted octanol–water partition coefficient (Wildman–Crippen LogP) is 6.71. The Balaban J connectivity index is 0.886. The molecular formula is C48H80N8. The zero-order valence-corrected chi connectivity index (χ0v) is 34.8. The molecule has 8 heteroatoms. The van der Waals surface area contributed by atoms with Crippen LogP contribution in [0.15, 0.2) is 0 Å². The number of fused-ring (bicyclic) bond motifs is 28. The van der Waals surface area contributed by atoms with Crippen molar-refractivity contribution in [3.8, 4) is 0 Å². The van der Waals surface area contributed by atoms with Crippen LogP contribution in [0.4, 0.5) is 0 Å². The van der Waals surface area contributed by atoms with Gasteiger partial charge >= 0.3 is 0 Å². The van der Waals surface area contributed by atoms with Gasteiger partial charge < -0.3 is 0 Å². The summed E-state index contributed by atoms with van der Waals surface area (Å²) in [6.07, 6.45) is 38.4. The van der Waals surface area contributed by atoms with Gasteiger partial charge in [-0.15, -0.1) is 0 Å². The molecule has 8 N–H and O–H groups in total. The third-order valence-electron chi connectivity index (χ3n) is 21.4. The minimum atomic E-state index is 0.411. The van der Waals surface area contributed by atoms with E-state index in [0.29, 0.717) is 49.3 Å². The summed E-state index contributed by atoms with van der Waals surface area (Å²) >= 11 is 0. The van der Waals surface area contributed by atoms with E-state index in [9.17, 15) is 0 Å². The van der Waals surface area contributed by atoms with Crippen molar-refractivity contribution in [3.05, 3.63) is 0 Å². The maximum atomic E-state index is 4.57. The standard InChI is InChI=1S/C48H80N8/c1-5-13-29-25(9-1)17-21-33-37(29)45-49-41(33)54-46-39-31-15-7-3-11-27(31)19-23-35(39)43(51-46)56-48-40-32-16-8-4-12-28(32)20-24-36(40)44(52-48)55-47-38-30-14-6-2-10-26(30)18-22-34(38)42(50-47)53-45/h25-56H,1-24H2. The van der Waals surface area contributed by atoms with Gasteiger partial charge in [-0.25, -0.2) is 0 Å². The number of nitrogens with one attached hydrogen (secondary N) is 8. The van der Waals surface area contributed by atoms with Gasteiger partial charge in [0.25, 0.3) is 0 Å². The van der Waals surface area contributed by atoms with Crippen LogP contribution in [-0.4, -0.2) is 49.3 Å². The van der Waals surface area contributed by atoms with Gasteiger partial charge in [-0.05, 0) is 172 Å². The maximum Gasteiger partial charge on any atom is 0.0631 e. The zero-order valence-electron chi connectivity index (χ0n) is 34.8. The van der Waals surface area contributed by atoms with Crippen LogP contribution in [0.5, 0.6) is 0 Å². The smallest absolute Gasteiger partial charge is 0.0631 e. The minimum absolute atomic E-state index is 0.411. The molecule has 13 rings (SSSR count). The number of hydrogen-bond acceptors (Lipinski definition) is 8. The van der Waals surface area contributed by atoms with Gasteiger partial charge in [0.2, 0.25) is 0 Å². The highest BCUT2D eigenvalue weighted by atomic mass is 15.4. The van der Waals surface area contributed by atoms with Crippen molar-refractivity contribution in [2.75, 3.05) is 0 Å². The van der Waals surface area contributed by atoms with Crippen molar-refractivity contribution in [3.63, 3.8) is 0 Å². The molecule has 312 valence electrons. The lowest BCUT2D eigenvalue weighted by Crippen LogP contribution is -2.62. The lowest BCUT2D eigenvalue weighted by atomic mass is 9.60. The molecule has 0 aromatic heterocycles. The van der Waals surface area contributed by atoms with Crippen molar-refractivity contribution in [1.29, 1.82) is 0 Å². The minimum Gasteiger partial charge on any atom is -0.286 e. The Labute approximate surface area is 339 Å². The number of rotatable bonds is 0. The van der Waals surface area contributed by atoms with Crippen molar-refractivity contribution >= 4 is 0 Å². The van der Waals surface area contributed by atoms with Gasteiger partial charge in [0, 0.05) is 0 Å². The van der Waals surface area contributed by atoms with Crippen LogP contribution in [0.3, 0.4) is 0 Å². The fourth-order valence-corrected chi connectivity index (χ4v) is 19.4. The van der Waals surface area contributed by atoms with Crippen LogP contribution in [-0.2, 0) is 0 Å². The van der Waals surface area contributed by atoms with Crippen LogP contribution in [0.1, 0.15) is 154 Å². The third-order valence-corrected chi connectivity index (χ3v) is 21.4. The van der Waals surface area contributed by atoms with E-state index < -0.39 is 0 Å². The van der Waals surface area contributed by atoms with E-state index in [4.69, 9.17) is 0 Å². The largest absolute Gasteiger partial charge is 0.286 e. The highest BCUT2D eigenvalue weighted by molar-refractivity contribution is 5.13. The maximum absolute atomic E-state index is 4.57. The van der Waals surface area contributed by atoms with Gasteiger partial charge in [0.1, 0.15) is 0 Å². The summed E-state index contributed by atoms with van der Waals surface area (Å²) in [6.45, 7) is 0. The quantitative estimate of drug-likeness (QED) is 0.138. The van der Waals surface area contributed by atoms with Gasteiger partial charge in [0.05, 0.1) is 49.3 Å². The SMILES string of the molecule is C1CCC2C(C1)CCC1C3NC(NC4NC(NC5NC(NC6NC(N3)C3C7CCCCC7CCC63)C3C6CCCCC6CCC53)C3C5CCCCC5CCC43)C21. The van der Waals surface area contributed by atoms with Crippen LogP contribution in [0.2, 0.25) is 0 Å². The van der Waals surface area contributed by atoms with Crippen molar-refractivity contribution < 1.29 is 0 Å². The Morgan fingerprint density at radius 1 is 0.179 bits per heavy atom. The molecule has 0 aromatic carbocycles. The molecule has 5 aliphatic heterocycles. The van der Waals surface area contributed by atoms with E-state index in [1.807, 2.05) is 0 Å². The molecule has 0 aromatic rings. The van der Waals surface area contributed by atoms with Gasteiger partial charge in [-0.3, -0.25) is 42.5 Å². The van der Waals surface area contributed by atoms with Crippen molar-refractivity contribution in [1.82, 2.24) is 42.5 Å². The second kappa shape index (κ2) is 14.7. The summed E-state index contributed by atoms with van der Waals surface area (Å²) in [7, 11) is 0. The molecule has 56 heavy (non-hydrogen) atoms. The lowest BCUT2D eigenvalue weighted by molar-refractivity contribution is 0.0251. The zero-order chi connectivity index (χ0) is 36.5. The van der Waals surface area contributed by atoms with E-state index in [1.165, 1.54) is 154 Å². The molecule has 0 amide bonds.